The van der Waals surface area contributed by atoms with Crippen LogP contribution in [0.5, 0.6) is 0 Å². The molecule has 0 aliphatic rings. The predicted molar refractivity (Wildman–Crippen MR) is 84.5 cm³/mol. The van der Waals surface area contributed by atoms with Crippen LogP contribution in [0.25, 0.3) is 0 Å². The Morgan fingerprint density at radius 3 is 1.28 bits per heavy atom. The monoisotopic (exact) mass is 632 g/mol. The van der Waals surface area contributed by atoms with E-state index in [4.69, 9.17) is 5.11 Å². The lowest BCUT2D eigenvalue weighted by molar-refractivity contribution is -0.472. The molecule has 0 spiro atoms. The summed E-state index contributed by atoms with van der Waals surface area (Å²) in [5, 5.41) is 9.10. The van der Waals surface area contributed by atoms with Gasteiger partial charge < -0.3 is 9.84 Å². The third-order valence-corrected chi connectivity index (χ3v) is 4.50. The highest BCUT2D eigenvalue weighted by Gasteiger charge is 2.98. The third kappa shape index (κ3) is 5.81. The van der Waals surface area contributed by atoms with Gasteiger partial charge in [0, 0.05) is 12.0 Å². The van der Waals surface area contributed by atoms with Gasteiger partial charge in [0.05, 0.1) is 6.10 Å². The molecule has 0 rings (SSSR count). The van der Waals surface area contributed by atoms with Gasteiger partial charge in [-0.1, -0.05) is 6.58 Å². The van der Waals surface area contributed by atoms with Crippen LogP contribution in [0.15, 0.2) is 12.2 Å². The Balaban J connectivity index is 0. The second-order valence-corrected chi connectivity index (χ2v) is 7.47. The summed E-state index contributed by atoms with van der Waals surface area (Å²) in [4.78, 5) is 11.0. The zero-order valence-corrected chi connectivity index (χ0v) is 18.1. The van der Waals surface area contributed by atoms with E-state index in [-0.39, 0.29) is 4.70 Å². The average molecular weight is 632 g/mol. The highest BCUT2D eigenvalue weighted by Crippen LogP contribution is 2.66. The quantitative estimate of drug-likeness (QED) is 0.158. The van der Waals surface area contributed by atoms with Crippen molar-refractivity contribution < 1.29 is 103 Å². The summed E-state index contributed by atoms with van der Waals surface area (Å²) in [5.74, 6) is -52.4. The molecule has 0 aromatic rings. The SMILES string of the molecule is C=C(C)C(=O)OCC(O)CC(F)(F)C(F)(F)C(F)(F)C(F)(F)C(F)(F)C(F)(F)C(F)(C(F)(F)F)C(F)(F)F.F. The number of aliphatic hydroxyl groups is 1. The number of hydrogen-bond acceptors (Lipinski definition) is 3. The third-order valence-electron chi connectivity index (χ3n) is 4.50. The number of hydrogen-bond donors (Lipinski definition) is 1. The molecule has 23 heteroatoms. The fourth-order valence-electron chi connectivity index (χ4n) is 2.33. The van der Waals surface area contributed by atoms with Crippen molar-refractivity contribution in [2.75, 3.05) is 6.61 Å². The summed E-state index contributed by atoms with van der Waals surface area (Å²) < 4.78 is 255. The number of rotatable bonds is 11. The van der Waals surface area contributed by atoms with Crippen LogP contribution in [0.3, 0.4) is 0 Å². The summed E-state index contributed by atoms with van der Waals surface area (Å²) in [6.07, 6.45) is -23.2. The minimum atomic E-state index is -9.11. The van der Waals surface area contributed by atoms with Gasteiger partial charge >= 0.3 is 59.5 Å². The van der Waals surface area contributed by atoms with E-state index < -0.39 is 84.2 Å². The molecule has 39 heavy (non-hydrogen) atoms. The van der Waals surface area contributed by atoms with Crippen molar-refractivity contribution in [1.82, 2.24) is 0 Å². The zero-order chi connectivity index (χ0) is 31.4. The average Bonchev–Trinajstić information content (AvgIpc) is 2.68. The molecule has 0 heterocycles. The van der Waals surface area contributed by atoms with E-state index in [1.54, 1.807) is 0 Å². The van der Waals surface area contributed by atoms with Crippen molar-refractivity contribution in [2.24, 2.45) is 0 Å². The van der Waals surface area contributed by atoms with Gasteiger partial charge in [-0.2, -0.15) is 79.0 Å². The molecule has 0 bridgehead atoms. The Kier molecular flexibility index (Phi) is 10.6. The van der Waals surface area contributed by atoms with E-state index >= 15 is 0 Å². The van der Waals surface area contributed by atoms with Gasteiger partial charge in [-0.3, -0.25) is 4.70 Å². The largest absolute Gasteiger partial charge is 0.460 e. The lowest BCUT2D eigenvalue weighted by Gasteiger charge is -2.45. The highest BCUT2D eigenvalue weighted by molar-refractivity contribution is 5.86. The van der Waals surface area contributed by atoms with Gasteiger partial charge in [0.1, 0.15) is 6.61 Å². The van der Waals surface area contributed by atoms with Crippen molar-refractivity contribution >= 4 is 5.97 Å². The van der Waals surface area contributed by atoms with E-state index in [1.807, 2.05) is 0 Å². The van der Waals surface area contributed by atoms with Crippen molar-refractivity contribution in [1.29, 1.82) is 0 Å². The molecule has 1 N–H and O–H groups in total. The summed E-state index contributed by atoms with van der Waals surface area (Å²) in [5.41, 5.74) is -9.36. The summed E-state index contributed by atoms with van der Waals surface area (Å²) >= 11 is 0. The minimum Gasteiger partial charge on any atom is -0.460 e. The molecular weight excluding hydrogens is 620 g/mol. The van der Waals surface area contributed by atoms with Gasteiger partial charge in [0.2, 0.25) is 0 Å². The number of halogens is 20. The Morgan fingerprint density at radius 2 is 0.974 bits per heavy atom. The van der Waals surface area contributed by atoms with Crippen LogP contribution in [-0.2, 0) is 9.53 Å². The maximum absolute atomic E-state index is 13.7. The van der Waals surface area contributed by atoms with Gasteiger partial charge in [-0.05, 0) is 6.92 Å². The molecule has 0 aromatic carbocycles. The van der Waals surface area contributed by atoms with Crippen LogP contribution in [0, 0.1) is 0 Å². The first-order valence-corrected chi connectivity index (χ1v) is 8.82. The lowest BCUT2D eigenvalue weighted by atomic mass is 9.83. The molecule has 234 valence electrons. The number of carbonyl (C=O) groups excluding carboxylic acids is 1. The smallest absolute Gasteiger partial charge is 0.438 e. The first-order valence-electron chi connectivity index (χ1n) is 8.82. The van der Waals surface area contributed by atoms with E-state index in [1.165, 1.54) is 0 Å². The summed E-state index contributed by atoms with van der Waals surface area (Å²) in [6.45, 7) is 1.94. The van der Waals surface area contributed by atoms with Crippen LogP contribution < -0.4 is 0 Å². The van der Waals surface area contributed by atoms with Crippen molar-refractivity contribution in [3.63, 3.8) is 0 Å². The molecule has 0 saturated carbocycles. The molecule has 0 aromatic heterocycles. The number of aliphatic hydroxyl groups excluding tert-OH is 1. The van der Waals surface area contributed by atoms with Gasteiger partial charge in [-0.15, -0.1) is 0 Å². The fraction of sp³-hybridized carbons (Fsp3) is 0.812. The molecular formula is C16H12F20O3. The summed E-state index contributed by atoms with van der Waals surface area (Å²) in [7, 11) is 0. The fourth-order valence-corrected chi connectivity index (χ4v) is 2.33. The van der Waals surface area contributed by atoms with Crippen LogP contribution in [-0.4, -0.2) is 77.3 Å². The zero-order valence-electron chi connectivity index (χ0n) is 18.1. The maximum atomic E-state index is 13.7. The lowest BCUT2D eigenvalue weighted by Crippen LogP contribution is -2.77. The Labute approximate surface area is 201 Å². The van der Waals surface area contributed by atoms with Crippen molar-refractivity contribution in [2.45, 2.75) is 73.0 Å². The van der Waals surface area contributed by atoms with Gasteiger partial charge in [0.25, 0.3) is 0 Å². The first-order chi connectivity index (χ1) is 16.2. The van der Waals surface area contributed by atoms with Crippen LogP contribution in [0.2, 0.25) is 0 Å². The predicted octanol–water partition coefficient (Wildman–Crippen LogP) is 6.65. The van der Waals surface area contributed by atoms with Crippen molar-refractivity contribution in [3.05, 3.63) is 12.2 Å². The van der Waals surface area contributed by atoms with Crippen molar-refractivity contribution in [3.8, 4) is 0 Å². The Hall–Kier alpha value is -2.23. The molecule has 0 saturated heterocycles. The summed E-state index contributed by atoms with van der Waals surface area (Å²) in [6, 6.07) is 0. The Morgan fingerprint density at radius 1 is 0.667 bits per heavy atom. The van der Waals surface area contributed by atoms with Crippen LogP contribution in [0.1, 0.15) is 13.3 Å². The molecule has 0 radical (unpaired) electrons. The maximum Gasteiger partial charge on any atom is 0.438 e. The molecule has 0 amide bonds. The molecule has 0 aliphatic carbocycles. The number of alkyl halides is 19. The molecule has 3 nitrogen and oxygen atoms in total. The number of esters is 1. The normalized spacial score (nSPS) is 15.9. The van der Waals surface area contributed by atoms with Crippen LogP contribution >= 0.6 is 0 Å². The topological polar surface area (TPSA) is 46.5 Å². The standard InChI is InChI=1S/C16H11F19O3.FH/c1-5(2)7(37)38-4-6(36)3-8(17,18)10(20,21)12(24,25)14(28,29)13(26,27)11(22,23)9(19,15(30,31)32)16(33,34)35;/h6,36H,1,3-4H2,2H3;1H. The molecule has 0 aliphatic heterocycles. The number of carbonyl (C=O) groups is 1. The first kappa shape index (κ1) is 38.9. The van der Waals surface area contributed by atoms with E-state index in [9.17, 15) is 88.2 Å². The van der Waals surface area contributed by atoms with Gasteiger partial charge in [-0.25, -0.2) is 9.18 Å². The second-order valence-electron chi connectivity index (χ2n) is 7.47. The molecule has 1 unspecified atom stereocenters. The van der Waals surface area contributed by atoms with E-state index in [0.29, 0.717) is 0 Å². The highest BCUT2D eigenvalue weighted by atomic mass is 19.4. The molecule has 0 fully saturated rings. The van der Waals surface area contributed by atoms with E-state index in [2.05, 4.69) is 11.3 Å². The van der Waals surface area contributed by atoms with E-state index in [0.717, 1.165) is 6.92 Å². The van der Waals surface area contributed by atoms with Gasteiger partial charge in [0.15, 0.2) is 0 Å². The number of ether oxygens (including phenoxy) is 1. The Bertz CT molecular complexity index is 872. The second kappa shape index (κ2) is 10.6. The molecule has 1 atom stereocenters. The van der Waals surface area contributed by atoms with Crippen LogP contribution in [0.4, 0.5) is 88.1 Å². The minimum absolute atomic E-state index is 0.